The molecule has 8 heteroatoms. The number of rotatable bonds is 10. The van der Waals surface area contributed by atoms with E-state index in [9.17, 15) is 18.0 Å². The first kappa shape index (κ1) is 26.9. The standard InChI is InChI=1S/C28H33N3O4S/c1-5-29-28(33)23(4)30(19-24-15-11-21(2)12-16-24)27(32)20-31(25-9-7-6-8-10-25)36(34,35)26-17-13-22(3)14-18-26/h6-18,23H,5,19-20H2,1-4H3,(H,29,33)/t23-/m1/s1. The van der Waals surface area contributed by atoms with E-state index < -0.39 is 28.5 Å². The van der Waals surface area contributed by atoms with E-state index in [0.29, 0.717) is 12.2 Å². The topological polar surface area (TPSA) is 86.8 Å². The van der Waals surface area contributed by atoms with E-state index >= 15 is 0 Å². The second kappa shape index (κ2) is 11.9. The predicted molar refractivity (Wildman–Crippen MR) is 142 cm³/mol. The molecule has 0 heterocycles. The first-order chi connectivity index (χ1) is 17.1. The highest BCUT2D eigenvalue weighted by Crippen LogP contribution is 2.24. The highest BCUT2D eigenvalue weighted by molar-refractivity contribution is 7.92. The van der Waals surface area contributed by atoms with Gasteiger partial charge in [0.05, 0.1) is 10.6 Å². The lowest BCUT2D eigenvalue weighted by Gasteiger charge is -2.32. The van der Waals surface area contributed by atoms with Crippen molar-refractivity contribution in [3.8, 4) is 0 Å². The Labute approximate surface area is 213 Å². The lowest BCUT2D eigenvalue weighted by atomic mass is 10.1. The van der Waals surface area contributed by atoms with Crippen molar-refractivity contribution in [1.29, 1.82) is 0 Å². The molecule has 0 fully saturated rings. The number of aryl methyl sites for hydroxylation is 2. The molecule has 1 N–H and O–H groups in total. The maximum atomic E-state index is 13.7. The van der Waals surface area contributed by atoms with Crippen LogP contribution in [0.4, 0.5) is 5.69 Å². The molecule has 3 aromatic rings. The summed E-state index contributed by atoms with van der Waals surface area (Å²) < 4.78 is 28.5. The minimum Gasteiger partial charge on any atom is -0.355 e. The highest BCUT2D eigenvalue weighted by atomic mass is 32.2. The van der Waals surface area contributed by atoms with Gasteiger partial charge in [-0.25, -0.2) is 8.42 Å². The first-order valence-electron chi connectivity index (χ1n) is 11.9. The SMILES string of the molecule is CCNC(=O)[C@@H](C)N(Cc1ccc(C)cc1)C(=O)CN(c1ccccc1)S(=O)(=O)c1ccc(C)cc1. The molecule has 0 saturated carbocycles. The molecule has 0 aliphatic carbocycles. The van der Waals surface area contributed by atoms with E-state index in [2.05, 4.69) is 5.32 Å². The molecule has 0 aromatic heterocycles. The van der Waals surface area contributed by atoms with Crippen molar-refractivity contribution in [3.63, 3.8) is 0 Å². The summed E-state index contributed by atoms with van der Waals surface area (Å²) in [5.74, 6) is -0.778. The molecule has 3 aromatic carbocycles. The molecule has 36 heavy (non-hydrogen) atoms. The van der Waals surface area contributed by atoms with Crippen LogP contribution in [0.15, 0.2) is 83.8 Å². The van der Waals surface area contributed by atoms with Crippen molar-refractivity contribution in [2.45, 2.75) is 45.2 Å². The Morgan fingerprint density at radius 1 is 0.861 bits per heavy atom. The van der Waals surface area contributed by atoms with Crippen LogP contribution in [-0.2, 0) is 26.2 Å². The van der Waals surface area contributed by atoms with Crippen LogP contribution < -0.4 is 9.62 Å². The maximum Gasteiger partial charge on any atom is 0.264 e. The monoisotopic (exact) mass is 507 g/mol. The summed E-state index contributed by atoms with van der Waals surface area (Å²) in [5, 5.41) is 2.76. The summed E-state index contributed by atoms with van der Waals surface area (Å²) in [5.41, 5.74) is 3.22. The molecule has 0 aliphatic rings. The summed E-state index contributed by atoms with van der Waals surface area (Å²) in [4.78, 5) is 27.9. The number of sulfonamides is 1. The highest BCUT2D eigenvalue weighted by Gasteiger charge is 2.32. The van der Waals surface area contributed by atoms with Gasteiger partial charge in [0.1, 0.15) is 12.6 Å². The van der Waals surface area contributed by atoms with Gasteiger partial charge in [-0.15, -0.1) is 0 Å². The van der Waals surface area contributed by atoms with Crippen molar-refractivity contribution >= 4 is 27.5 Å². The Kier molecular flexibility index (Phi) is 8.88. The summed E-state index contributed by atoms with van der Waals surface area (Å²) in [6.45, 7) is 7.45. The quantitative estimate of drug-likeness (QED) is 0.449. The van der Waals surface area contributed by atoms with E-state index in [0.717, 1.165) is 21.0 Å². The molecule has 190 valence electrons. The minimum atomic E-state index is -4.05. The van der Waals surface area contributed by atoms with E-state index in [-0.39, 0.29) is 17.3 Å². The summed E-state index contributed by atoms with van der Waals surface area (Å²) in [6, 6.07) is 21.9. The third-order valence-corrected chi connectivity index (χ3v) is 7.71. The van der Waals surface area contributed by atoms with Crippen molar-refractivity contribution in [1.82, 2.24) is 10.2 Å². The van der Waals surface area contributed by atoms with Crippen molar-refractivity contribution in [2.75, 3.05) is 17.4 Å². The van der Waals surface area contributed by atoms with Crippen molar-refractivity contribution < 1.29 is 18.0 Å². The molecule has 3 rings (SSSR count). The number of benzene rings is 3. The molecule has 0 unspecified atom stereocenters. The Morgan fingerprint density at radius 2 is 1.42 bits per heavy atom. The zero-order chi connectivity index (χ0) is 26.3. The van der Waals surface area contributed by atoms with Gasteiger partial charge in [-0.2, -0.15) is 0 Å². The van der Waals surface area contributed by atoms with Crippen molar-refractivity contribution in [3.05, 3.63) is 95.6 Å². The Hall–Kier alpha value is -3.65. The molecule has 2 amide bonds. The molecule has 7 nitrogen and oxygen atoms in total. The van der Waals surface area contributed by atoms with Gasteiger partial charge in [-0.05, 0) is 57.5 Å². The molecule has 0 aliphatic heterocycles. The smallest absolute Gasteiger partial charge is 0.264 e. The number of nitrogens with one attached hydrogen (secondary N) is 1. The number of likely N-dealkylation sites (N-methyl/N-ethyl adjacent to an activating group) is 1. The number of anilines is 1. The van der Waals surface area contributed by atoms with Crippen LogP contribution in [0.2, 0.25) is 0 Å². The number of hydrogen-bond donors (Lipinski definition) is 1. The third kappa shape index (κ3) is 6.51. The largest absolute Gasteiger partial charge is 0.355 e. The average molecular weight is 508 g/mol. The van der Waals surface area contributed by atoms with E-state index in [1.54, 1.807) is 49.4 Å². The van der Waals surface area contributed by atoms with Crippen LogP contribution in [0.5, 0.6) is 0 Å². The van der Waals surface area contributed by atoms with Gasteiger partial charge in [-0.1, -0.05) is 65.7 Å². The van der Waals surface area contributed by atoms with Crippen LogP contribution >= 0.6 is 0 Å². The second-order valence-electron chi connectivity index (χ2n) is 8.74. The normalized spacial score (nSPS) is 12.0. The van der Waals surface area contributed by atoms with Crippen LogP contribution in [0.25, 0.3) is 0 Å². The molecule has 0 spiro atoms. The number of para-hydroxylation sites is 1. The Morgan fingerprint density at radius 3 is 1.97 bits per heavy atom. The fourth-order valence-electron chi connectivity index (χ4n) is 3.76. The number of amides is 2. The van der Waals surface area contributed by atoms with Crippen LogP contribution in [0, 0.1) is 13.8 Å². The summed E-state index contributed by atoms with van der Waals surface area (Å²) in [6.07, 6.45) is 0. The van der Waals surface area contributed by atoms with Gasteiger partial charge >= 0.3 is 0 Å². The summed E-state index contributed by atoms with van der Waals surface area (Å²) >= 11 is 0. The third-order valence-electron chi connectivity index (χ3n) is 5.92. The molecule has 1 atom stereocenters. The number of carbonyl (C=O) groups is 2. The fourth-order valence-corrected chi connectivity index (χ4v) is 5.17. The van der Waals surface area contributed by atoms with Crippen LogP contribution in [0.3, 0.4) is 0 Å². The Bertz CT molecular complexity index is 1270. The maximum absolute atomic E-state index is 13.7. The number of hydrogen-bond acceptors (Lipinski definition) is 4. The molecular formula is C28H33N3O4S. The van der Waals surface area contributed by atoms with E-state index in [1.807, 2.05) is 45.0 Å². The lowest BCUT2D eigenvalue weighted by Crippen LogP contribution is -2.51. The predicted octanol–water partition coefficient (Wildman–Crippen LogP) is 4.05. The molecule has 0 saturated heterocycles. The zero-order valence-electron chi connectivity index (χ0n) is 21.1. The van der Waals surface area contributed by atoms with Gasteiger partial charge in [0.25, 0.3) is 10.0 Å². The fraction of sp³-hybridized carbons (Fsp3) is 0.286. The lowest BCUT2D eigenvalue weighted by molar-refractivity contribution is -0.139. The van der Waals surface area contributed by atoms with Gasteiger partial charge in [0.15, 0.2) is 0 Å². The molecule has 0 radical (unpaired) electrons. The Balaban J connectivity index is 1.99. The van der Waals surface area contributed by atoms with E-state index in [4.69, 9.17) is 0 Å². The van der Waals surface area contributed by atoms with Crippen LogP contribution in [0.1, 0.15) is 30.5 Å². The average Bonchev–Trinajstić information content (AvgIpc) is 2.87. The zero-order valence-corrected chi connectivity index (χ0v) is 22.0. The minimum absolute atomic E-state index is 0.0895. The number of carbonyl (C=O) groups excluding carboxylic acids is 2. The van der Waals surface area contributed by atoms with Gasteiger partial charge < -0.3 is 10.2 Å². The molecular weight excluding hydrogens is 474 g/mol. The number of nitrogens with zero attached hydrogens (tertiary/aromatic N) is 2. The second-order valence-corrected chi connectivity index (χ2v) is 10.6. The van der Waals surface area contributed by atoms with Crippen LogP contribution in [-0.4, -0.2) is 44.3 Å². The van der Waals surface area contributed by atoms with Crippen molar-refractivity contribution in [2.24, 2.45) is 0 Å². The van der Waals surface area contributed by atoms with Gasteiger partial charge in [0, 0.05) is 13.1 Å². The summed E-state index contributed by atoms with van der Waals surface area (Å²) in [7, 11) is -4.05. The van der Waals surface area contributed by atoms with Gasteiger partial charge in [-0.3, -0.25) is 13.9 Å². The van der Waals surface area contributed by atoms with E-state index in [1.165, 1.54) is 17.0 Å². The molecule has 0 bridgehead atoms. The first-order valence-corrected chi connectivity index (χ1v) is 13.3. The van der Waals surface area contributed by atoms with Gasteiger partial charge in [0.2, 0.25) is 11.8 Å².